The highest BCUT2D eigenvalue weighted by molar-refractivity contribution is 6.74. The predicted molar refractivity (Wildman–Crippen MR) is 101 cm³/mol. The largest absolute Gasteiger partial charge is 0.463 e. The molecular formula is C15H32O4Si3. The summed E-state index contributed by atoms with van der Waals surface area (Å²) in [5, 5.41) is 0. The fraction of sp³-hybridized carbons (Fsp3) is 0.667. The van der Waals surface area contributed by atoms with Crippen molar-refractivity contribution >= 4 is 31.4 Å². The number of ether oxygens (including phenoxy) is 1. The molecule has 0 saturated heterocycles. The fourth-order valence-electron chi connectivity index (χ4n) is 1.81. The molecule has 1 unspecified atom stereocenters. The first-order valence-electron chi connectivity index (χ1n) is 7.76. The molecule has 0 aromatic rings. The standard InChI is InChI=1S/C15H32O4Si3/c1-9-14(16)17-12-11-13-20(10-2)15(18-21(3,4)5)19-22(6,7)8/h9-10,15,20H,1-2,11-13H2,3-8H3. The maximum atomic E-state index is 11.0. The minimum atomic E-state index is -1.68. The first-order chi connectivity index (χ1) is 9.98. The zero-order chi connectivity index (χ0) is 17.4. The molecule has 0 radical (unpaired) electrons. The van der Waals surface area contributed by atoms with Crippen LogP contribution in [0.3, 0.4) is 0 Å². The van der Waals surface area contributed by atoms with Gasteiger partial charge in [0, 0.05) is 6.08 Å². The van der Waals surface area contributed by atoms with Crippen molar-refractivity contribution in [2.24, 2.45) is 0 Å². The molecule has 0 aliphatic rings. The normalized spacial score (nSPS) is 13.8. The number of carbonyl (C=O) groups is 1. The lowest BCUT2D eigenvalue weighted by molar-refractivity contribution is -0.137. The van der Waals surface area contributed by atoms with Crippen molar-refractivity contribution < 1.29 is 18.4 Å². The van der Waals surface area contributed by atoms with Crippen molar-refractivity contribution in [3.63, 3.8) is 0 Å². The van der Waals surface area contributed by atoms with Crippen LogP contribution in [0.15, 0.2) is 24.9 Å². The van der Waals surface area contributed by atoms with Gasteiger partial charge < -0.3 is 13.6 Å². The van der Waals surface area contributed by atoms with E-state index in [0.717, 1.165) is 12.5 Å². The van der Waals surface area contributed by atoms with E-state index >= 15 is 0 Å². The van der Waals surface area contributed by atoms with Gasteiger partial charge in [0.1, 0.15) is 14.7 Å². The Morgan fingerprint density at radius 3 is 1.95 bits per heavy atom. The van der Waals surface area contributed by atoms with Gasteiger partial charge >= 0.3 is 5.97 Å². The summed E-state index contributed by atoms with van der Waals surface area (Å²) in [6.45, 7) is 20.8. The van der Waals surface area contributed by atoms with Gasteiger partial charge in [0.05, 0.1) is 6.61 Å². The van der Waals surface area contributed by atoms with E-state index < -0.39 is 25.4 Å². The lowest BCUT2D eigenvalue weighted by Crippen LogP contribution is -2.47. The minimum Gasteiger partial charge on any atom is -0.463 e. The molecule has 0 spiro atoms. The van der Waals surface area contributed by atoms with Crippen LogP contribution in [0, 0.1) is 0 Å². The molecule has 22 heavy (non-hydrogen) atoms. The lowest BCUT2D eigenvalue weighted by atomic mass is 10.5. The summed E-state index contributed by atoms with van der Waals surface area (Å²) in [5.41, 5.74) is 2.03. The van der Waals surface area contributed by atoms with Gasteiger partial charge in [0.2, 0.25) is 0 Å². The number of hydrogen-bond donors (Lipinski definition) is 0. The summed E-state index contributed by atoms with van der Waals surface area (Å²) in [7, 11) is -4.80. The monoisotopic (exact) mass is 360 g/mol. The van der Waals surface area contributed by atoms with Crippen LogP contribution in [-0.2, 0) is 18.4 Å². The summed E-state index contributed by atoms with van der Waals surface area (Å²) in [5.74, 6) is -0.490. The van der Waals surface area contributed by atoms with Crippen LogP contribution in [0.4, 0.5) is 0 Å². The van der Waals surface area contributed by atoms with Crippen LogP contribution in [0.2, 0.25) is 45.3 Å². The molecule has 7 heteroatoms. The van der Waals surface area contributed by atoms with Gasteiger partial charge in [0.15, 0.2) is 16.6 Å². The van der Waals surface area contributed by atoms with Crippen molar-refractivity contribution in [1.29, 1.82) is 0 Å². The van der Waals surface area contributed by atoms with Gasteiger partial charge in [-0.25, -0.2) is 4.79 Å². The number of carbonyl (C=O) groups excluding carboxylic acids is 1. The molecule has 0 aromatic heterocycles. The zero-order valence-electron chi connectivity index (χ0n) is 15.0. The number of hydrogen-bond acceptors (Lipinski definition) is 4. The summed E-state index contributed by atoms with van der Waals surface area (Å²) in [4.78, 5) is 11.0. The van der Waals surface area contributed by atoms with E-state index in [1.807, 2.05) is 5.70 Å². The summed E-state index contributed by atoms with van der Waals surface area (Å²) in [6, 6.07) is 0.952. The van der Waals surface area contributed by atoms with E-state index in [4.69, 9.17) is 13.6 Å². The SMILES string of the molecule is C=CC(=O)OCCC[SiH](C=C)C(O[Si](C)(C)C)O[Si](C)(C)C. The zero-order valence-corrected chi connectivity index (χ0v) is 18.1. The van der Waals surface area contributed by atoms with Crippen LogP contribution in [0.1, 0.15) is 6.42 Å². The quantitative estimate of drug-likeness (QED) is 0.186. The Hall–Kier alpha value is -0.479. The summed E-state index contributed by atoms with van der Waals surface area (Å²) < 4.78 is 17.6. The average molecular weight is 361 g/mol. The third-order valence-corrected chi connectivity index (χ3v) is 7.76. The van der Waals surface area contributed by atoms with E-state index in [2.05, 4.69) is 52.4 Å². The first kappa shape index (κ1) is 21.5. The van der Waals surface area contributed by atoms with Crippen molar-refractivity contribution in [2.75, 3.05) is 6.61 Å². The molecule has 0 fully saturated rings. The van der Waals surface area contributed by atoms with Crippen molar-refractivity contribution in [1.82, 2.24) is 0 Å². The second-order valence-corrected chi connectivity index (χ2v) is 19.1. The van der Waals surface area contributed by atoms with E-state index in [-0.39, 0.29) is 11.9 Å². The maximum Gasteiger partial charge on any atom is 0.330 e. The molecule has 0 aliphatic carbocycles. The van der Waals surface area contributed by atoms with Gasteiger partial charge in [-0.05, 0) is 51.7 Å². The van der Waals surface area contributed by atoms with Gasteiger partial charge in [-0.2, -0.15) is 0 Å². The molecule has 0 aromatic carbocycles. The van der Waals surface area contributed by atoms with E-state index in [1.54, 1.807) is 0 Å². The van der Waals surface area contributed by atoms with Crippen LogP contribution in [-0.4, -0.2) is 43.9 Å². The van der Waals surface area contributed by atoms with Gasteiger partial charge in [0.25, 0.3) is 0 Å². The molecule has 0 rings (SSSR count). The number of esters is 1. The number of rotatable bonds is 11. The van der Waals surface area contributed by atoms with Crippen LogP contribution < -0.4 is 0 Å². The molecule has 0 saturated carbocycles. The second-order valence-electron chi connectivity index (χ2n) is 7.24. The minimum absolute atomic E-state index is 0.120. The Kier molecular flexibility index (Phi) is 9.40. The highest BCUT2D eigenvalue weighted by Gasteiger charge is 2.32. The van der Waals surface area contributed by atoms with Gasteiger partial charge in [-0.3, -0.25) is 0 Å². The Labute approximate surface area is 139 Å². The highest BCUT2D eigenvalue weighted by Crippen LogP contribution is 2.19. The van der Waals surface area contributed by atoms with E-state index in [9.17, 15) is 4.79 Å². The lowest BCUT2D eigenvalue weighted by Gasteiger charge is -2.35. The Morgan fingerprint density at radius 2 is 1.59 bits per heavy atom. The molecule has 0 aliphatic heterocycles. The molecule has 4 nitrogen and oxygen atoms in total. The fourth-order valence-corrected chi connectivity index (χ4v) is 8.61. The van der Waals surface area contributed by atoms with Crippen LogP contribution >= 0.6 is 0 Å². The molecule has 128 valence electrons. The molecule has 0 heterocycles. The predicted octanol–water partition coefficient (Wildman–Crippen LogP) is 3.63. The molecular weight excluding hydrogens is 328 g/mol. The Bertz CT molecular complexity index is 356. The molecule has 0 N–H and O–H groups in total. The summed E-state index contributed by atoms with van der Waals surface area (Å²) >= 11 is 0. The Morgan fingerprint density at radius 1 is 1.09 bits per heavy atom. The van der Waals surface area contributed by atoms with Crippen molar-refractivity contribution in [3.05, 3.63) is 24.9 Å². The van der Waals surface area contributed by atoms with Crippen LogP contribution in [0.5, 0.6) is 0 Å². The van der Waals surface area contributed by atoms with Gasteiger partial charge in [-0.15, -0.1) is 6.58 Å². The first-order valence-corrected chi connectivity index (χ1v) is 16.7. The second kappa shape index (κ2) is 9.61. The van der Waals surface area contributed by atoms with Crippen molar-refractivity contribution in [2.45, 2.75) is 57.7 Å². The smallest absolute Gasteiger partial charge is 0.330 e. The Balaban J connectivity index is 4.65. The maximum absolute atomic E-state index is 11.0. The summed E-state index contributed by atoms with van der Waals surface area (Å²) in [6.07, 6.45) is 2.00. The van der Waals surface area contributed by atoms with Crippen molar-refractivity contribution in [3.8, 4) is 0 Å². The highest BCUT2D eigenvalue weighted by atomic mass is 28.4. The molecule has 1 atom stereocenters. The third kappa shape index (κ3) is 11.1. The molecule has 0 bridgehead atoms. The van der Waals surface area contributed by atoms with E-state index in [0.29, 0.717) is 6.61 Å². The van der Waals surface area contributed by atoms with Crippen LogP contribution in [0.25, 0.3) is 0 Å². The molecule has 0 amide bonds. The van der Waals surface area contributed by atoms with E-state index in [1.165, 1.54) is 6.08 Å². The van der Waals surface area contributed by atoms with Gasteiger partial charge in [-0.1, -0.05) is 12.3 Å². The topological polar surface area (TPSA) is 44.8 Å². The average Bonchev–Trinajstić information content (AvgIpc) is 2.34. The third-order valence-electron chi connectivity index (χ3n) is 2.68.